The van der Waals surface area contributed by atoms with Gasteiger partial charge in [0.1, 0.15) is 18.8 Å². The minimum absolute atomic E-state index is 0.0451. The topological polar surface area (TPSA) is 175 Å². The molecular formula is C63H98O12. The van der Waals surface area contributed by atoms with E-state index in [1.165, 1.54) is 25.7 Å². The van der Waals surface area contributed by atoms with Crippen molar-refractivity contribution in [3.05, 3.63) is 122 Å². The summed E-state index contributed by atoms with van der Waals surface area (Å²) in [5.41, 5.74) is 0. The average molecular weight is 1050 g/mol. The number of hydrogen-bond donors (Lipinski definition) is 3. The van der Waals surface area contributed by atoms with Gasteiger partial charge >= 0.3 is 23.9 Å². The van der Waals surface area contributed by atoms with Crippen LogP contribution in [-0.2, 0) is 42.9 Å². The van der Waals surface area contributed by atoms with Gasteiger partial charge in [0.15, 0.2) is 24.6 Å². The van der Waals surface area contributed by atoms with Crippen LogP contribution in [0.2, 0.25) is 0 Å². The summed E-state index contributed by atoms with van der Waals surface area (Å²) in [6, 6.07) is 0. The summed E-state index contributed by atoms with van der Waals surface area (Å²) in [6.07, 6.45) is 56.2. The fraction of sp³-hybridized carbons (Fsp3) is 0.619. The van der Waals surface area contributed by atoms with E-state index in [9.17, 15) is 34.5 Å². The van der Waals surface area contributed by atoms with Gasteiger partial charge in [-0.2, -0.15) is 0 Å². The smallest absolute Gasteiger partial charge is 0.335 e. The first-order chi connectivity index (χ1) is 36.6. The van der Waals surface area contributed by atoms with Gasteiger partial charge in [0.25, 0.3) is 0 Å². The number of esters is 3. The zero-order valence-corrected chi connectivity index (χ0v) is 46.2. The highest BCUT2D eigenvalue weighted by atomic mass is 16.7. The zero-order valence-electron chi connectivity index (χ0n) is 46.2. The molecule has 75 heavy (non-hydrogen) atoms. The summed E-state index contributed by atoms with van der Waals surface area (Å²) in [6.45, 7) is 5.63. The van der Waals surface area contributed by atoms with Crippen molar-refractivity contribution in [1.29, 1.82) is 0 Å². The molecule has 1 rings (SSSR count). The van der Waals surface area contributed by atoms with Crippen LogP contribution in [0.15, 0.2) is 122 Å². The van der Waals surface area contributed by atoms with E-state index in [4.69, 9.17) is 23.7 Å². The predicted molar refractivity (Wildman–Crippen MR) is 303 cm³/mol. The van der Waals surface area contributed by atoms with Crippen molar-refractivity contribution in [3.8, 4) is 0 Å². The van der Waals surface area contributed by atoms with Gasteiger partial charge in [0.05, 0.1) is 6.61 Å². The lowest BCUT2D eigenvalue weighted by molar-refractivity contribution is -0.301. The van der Waals surface area contributed by atoms with Crippen LogP contribution in [0.4, 0.5) is 0 Å². The van der Waals surface area contributed by atoms with Crippen LogP contribution in [0.3, 0.4) is 0 Å². The number of rotatable bonds is 46. The van der Waals surface area contributed by atoms with E-state index in [1.807, 2.05) is 12.2 Å². The third-order valence-corrected chi connectivity index (χ3v) is 12.0. The number of hydrogen-bond acceptors (Lipinski definition) is 11. The average Bonchev–Trinajstić information content (AvgIpc) is 3.39. The molecule has 1 heterocycles. The first-order valence-corrected chi connectivity index (χ1v) is 28.5. The van der Waals surface area contributed by atoms with Crippen LogP contribution in [-0.4, -0.2) is 89.2 Å². The van der Waals surface area contributed by atoms with Gasteiger partial charge in [0, 0.05) is 19.3 Å². The van der Waals surface area contributed by atoms with Crippen LogP contribution in [0.1, 0.15) is 201 Å². The fourth-order valence-electron chi connectivity index (χ4n) is 7.72. The second-order valence-corrected chi connectivity index (χ2v) is 18.8. The van der Waals surface area contributed by atoms with Gasteiger partial charge in [-0.05, 0) is 103 Å². The first-order valence-electron chi connectivity index (χ1n) is 28.5. The minimum Gasteiger partial charge on any atom is -0.479 e. The number of carboxylic acids is 1. The van der Waals surface area contributed by atoms with Gasteiger partial charge in [-0.3, -0.25) is 14.4 Å². The summed E-state index contributed by atoms with van der Waals surface area (Å²) >= 11 is 0. The van der Waals surface area contributed by atoms with Gasteiger partial charge in [0.2, 0.25) is 0 Å². The maximum absolute atomic E-state index is 13.1. The Labute approximate surface area is 452 Å². The number of ether oxygens (including phenoxy) is 5. The molecule has 0 spiro atoms. The van der Waals surface area contributed by atoms with E-state index in [-0.39, 0.29) is 25.9 Å². The Hall–Kier alpha value is -4.88. The van der Waals surface area contributed by atoms with Gasteiger partial charge in [-0.15, -0.1) is 0 Å². The molecule has 0 aromatic rings. The van der Waals surface area contributed by atoms with Crippen LogP contribution >= 0.6 is 0 Å². The molecule has 0 radical (unpaired) electrons. The fourth-order valence-corrected chi connectivity index (χ4v) is 7.72. The zero-order chi connectivity index (χ0) is 54.7. The Morgan fingerprint density at radius 3 is 1.32 bits per heavy atom. The lowest BCUT2D eigenvalue weighted by Crippen LogP contribution is -2.61. The van der Waals surface area contributed by atoms with Gasteiger partial charge in [-0.1, -0.05) is 200 Å². The van der Waals surface area contributed by atoms with Crippen LogP contribution in [0.5, 0.6) is 0 Å². The molecule has 6 atom stereocenters. The molecule has 0 aliphatic carbocycles. The van der Waals surface area contributed by atoms with Crippen molar-refractivity contribution in [2.24, 2.45) is 0 Å². The van der Waals surface area contributed by atoms with E-state index >= 15 is 0 Å². The van der Waals surface area contributed by atoms with Crippen LogP contribution < -0.4 is 0 Å². The summed E-state index contributed by atoms with van der Waals surface area (Å²) in [5, 5.41) is 31.4. The summed E-state index contributed by atoms with van der Waals surface area (Å²) in [4.78, 5) is 51.0. The molecule has 0 saturated carbocycles. The van der Waals surface area contributed by atoms with Crippen LogP contribution in [0, 0.1) is 0 Å². The lowest BCUT2D eigenvalue weighted by Gasteiger charge is -2.40. The van der Waals surface area contributed by atoms with Crippen molar-refractivity contribution >= 4 is 23.9 Å². The highest BCUT2D eigenvalue weighted by Gasteiger charge is 2.50. The molecule has 1 aliphatic heterocycles. The number of unbranched alkanes of at least 4 members (excludes halogenated alkanes) is 12. The number of aliphatic carboxylic acids is 1. The summed E-state index contributed by atoms with van der Waals surface area (Å²) < 4.78 is 28.2. The van der Waals surface area contributed by atoms with E-state index in [1.54, 1.807) is 0 Å². The van der Waals surface area contributed by atoms with E-state index in [0.29, 0.717) is 25.7 Å². The van der Waals surface area contributed by atoms with E-state index in [0.717, 1.165) is 109 Å². The molecule has 1 saturated heterocycles. The highest BCUT2D eigenvalue weighted by Crippen LogP contribution is 2.26. The number of carbonyl (C=O) groups is 4. The highest BCUT2D eigenvalue weighted by molar-refractivity contribution is 5.74. The number of carbonyl (C=O) groups excluding carboxylic acids is 3. The normalized spacial score (nSPS) is 19.1. The predicted octanol–water partition coefficient (Wildman–Crippen LogP) is 14.4. The van der Waals surface area contributed by atoms with Crippen molar-refractivity contribution in [3.63, 3.8) is 0 Å². The molecule has 422 valence electrons. The standard InChI is InChI=1S/C63H98O12/c1-4-7-10-13-16-19-21-23-25-27-28-30-31-33-35-38-40-43-46-49-55(64)71-52-54(73-56(65)50-47-44-42-39-36-34-32-29-26-24-22-20-17-14-11-8-5-2)53-72-63-61(59(68)58(67)60(75-63)62(69)70)74-57(66)51-48-45-41-37-18-15-12-9-6-3/h7-8,10-11,16-17,19-20,23-26,28,30,32-35,39,42,54,58-61,63,67-68H,4-6,9,12-15,18,21-22,27,29,31,36-38,40-41,43-53H2,1-3H3,(H,69,70)/b10-7-,11-8-,19-16-,20-17-,25-23-,26-24-,30-28-,34-32-,35-33-,42-39-. The molecule has 1 aliphatic rings. The quantitative estimate of drug-likeness (QED) is 0.0228. The Bertz CT molecular complexity index is 1770. The monoisotopic (exact) mass is 1050 g/mol. The largest absolute Gasteiger partial charge is 0.479 e. The summed E-state index contributed by atoms with van der Waals surface area (Å²) in [5.74, 6) is -3.26. The number of aliphatic hydroxyl groups excluding tert-OH is 2. The van der Waals surface area contributed by atoms with Crippen molar-refractivity contribution in [2.75, 3.05) is 13.2 Å². The molecule has 6 unspecified atom stereocenters. The number of aliphatic hydroxyl groups is 2. The maximum atomic E-state index is 13.1. The third-order valence-electron chi connectivity index (χ3n) is 12.0. The SMILES string of the molecule is CC/C=C\C/C=C\C/C=C\C/C=C\C/C=C\CCCCCC(=O)OCC(COC1OC(C(=O)O)C(O)C(O)C1OC(=O)CCCCCCCCCCC)OC(=O)CCC/C=C\C/C=C\C/C=C\C/C=C\C/C=C\CC. The molecule has 0 amide bonds. The Balaban J connectivity index is 2.76. The molecule has 12 heteroatoms. The van der Waals surface area contributed by atoms with Crippen molar-refractivity contribution in [2.45, 2.75) is 237 Å². The molecule has 0 bridgehead atoms. The molecule has 1 fully saturated rings. The number of carboxylic acid groups (broad SMARTS) is 1. The Kier molecular flexibility index (Phi) is 45.4. The third kappa shape index (κ3) is 40.1. The molecular weight excluding hydrogens is 949 g/mol. The van der Waals surface area contributed by atoms with Gasteiger partial charge < -0.3 is 39.0 Å². The molecule has 3 N–H and O–H groups in total. The van der Waals surface area contributed by atoms with E-state index in [2.05, 4.69) is 130 Å². The van der Waals surface area contributed by atoms with E-state index < -0.39 is 67.3 Å². The van der Waals surface area contributed by atoms with Gasteiger partial charge in [-0.25, -0.2) is 4.79 Å². The first kappa shape index (κ1) is 68.1. The lowest BCUT2D eigenvalue weighted by atomic mass is 9.98. The molecule has 12 nitrogen and oxygen atoms in total. The summed E-state index contributed by atoms with van der Waals surface area (Å²) in [7, 11) is 0. The van der Waals surface area contributed by atoms with Crippen LogP contribution in [0.25, 0.3) is 0 Å². The second kappa shape index (κ2) is 50.0. The van der Waals surface area contributed by atoms with Crippen molar-refractivity contribution < 1.29 is 58.2 Å². The minimum atomic E-state index is -1.92. The maximum Gasteiger partial charge on any atom is 0.335 e. The Morgan fingerprint density at radius 1 is 0.453 bits per heavy atom. The molecule has 0 aromatic heterocycles. The number of allylic oxidation sites excluding steroid dienone is 20. The van der Waals surface area contributed by atoms with Crippen molar-refractivity contribution in [1.82, 2.24) is 0 Å². The Morgan fingerprint density at radius 2 is 0.853 bits per heavy atom. The second-order valence-electron chi connectivity index (χ2n) is 18.8. The molecule has 0 aromatic carbocycles.